The molecule has 0 saturated carbocycles. The van der Waals surface area contributed by atoms with E-state index in [0.29, 0.717) is 5.82 Å². The molecule has 1 amide bonds. The van der Waals surface area contributed by atoms with Gasteiger partial charge < -0.3 is 4.74 Å². The third-order valence-electron chi connectivity index (χ3n) is 5.40. The fraction of sp³-hybridized carbons (Fsp3) is 0.360. The number of benzene rings is 1. The summed E-state index contributed by atoms with van der Waals surface area (Å²) in [5.74, 6) is 1.56. The summed E-state index contributed by atoms with van der Waals surface area (Å²) in [6, 6.07) is 13.5. The molecule has 0 fully saturated rings. The average molecular weight is 432 g/mol. The summed E-state index contributed by atoms with van der Waals surface area (Å²) in [4.78, 5) is 21.4. The Morgan fingerprint density at radius 1 is 1.22 bits per heavy atom. The highest BCUT2D eigenvalue weighted by Crippen LogP contribution is 2.37. The maximum atomic E-state index is 12.5. The number of hydrogen-bond donors (Lipinski definition) is 1. The quantitative estimate of drug-likeness (QED) is 0.581. The molecular formula is C25H29N5O2. The van der Waals surface area contributed by atoms with Crippen molar-refractivity contribution in [1.29, 1.82) is 0 Å². The molecule has 7 nitrogen and oxygen atoms in total. The first-order valence-corrected chi connectivity index (χ1v) is 10.9. The lowest BCUT2D eigenvalue weighted by Gasteiger charge is -2.22. The summed E-state index contributed by atoms with van der Waals surface area (Å²) in [6.45, 7) is 8.36. The minimum absolute atomic E-state index is 0.151. The van der Waals surface area contributed by atoms with E-state index in [1.807, 2.05) is 54.1 Å². The van der Waals surface area contributed by atoms with Crippen molar-refractivity contribution >= 4 is 17.5 Å². The van der Waals surface area contributed by atoms with Gasteiger partial charge in [0.1, 0.15) is 12.4 Å². The fourth-order valence-corrected chi connectivity index (χ4v) is 3.79. The van der Waals surface area contributed by atoms with E-state index < -0.39 is 6.09 Å². The van der Waals surface area contributed by atoms with Crippen LogP contribution in [0.1, 0.15) is 62.3 Å². The maximum absolute atomic E-state index is 12.5. The van der Waals surface area contributed by atoms with E-state index in [-0.39, 0.29) is 18.1 Å². The summed E-state index contributed by atoms with van der Waals surface area (Å²) in [7, 11) is 0. The molecule has 0 saturated heterocycles. The molecule has 1 unspecified atom stereocenters. The van der Waals surface area contributed by atoms with Gasteiger partial charge in [0.15, 0.2) is 5.82 Å². The predicted octanol–water partition coefficient (Wildman–Crippen LogP) is 5.45. The van der Waals surface area contributed by atoms with Crippen LogP contribution in [0.15, 0.2) is 54.7 Å². The lowest BCUT2D eigenvalue weighted by molar-refractivity contribution is 0.154. The number of carbonyl (C=O) groups is 1. The molecule has 1 aliphatic carbocycles. The Kier molecular flexibility index (Phi) is 6.08. The number of allylic oxidation sites excluding steroid dienone is 2. The number of ether oxygens (including phenoxy) is 1. The summed E-state index contributed by atoms with van der Waals surface area (Å²) in [5, 5.41) is 7.72. The van der Waals surface area contributed by atoms with Gasteiger partial charge in [-0.3, -0.25) is 5.32 Å². The first-order chi connectivity index (χ1) is 15.3. The number of aromatic nitrogens is 4. The number of aryl methyl sites for hydroxylation is 1. The van der Waals surface area contributed by atoms with Crippen LogP contribution in [0, 0.1) is 6.92 Å². The number of nitrogens with zero attached hydrogens (tertiary/aromatic N) is 4. The van der Waals surface area contributed by atoms with Crippen molar-refractivity contribution in [2.75, 3.05) is 5.32 Å². The third-order valence-corrected chi connectivity index (χ3v) is 5.40. The molecule has 0 bridgehead atoms. The van der Waals surface area contributed by atoms with Gasteiger partial charge >= 0.3 is 6.09 Å². The van der Waals surface area contributed by atoms with E-state index in [4.69, 9.17) is 9.84 Å². The summed E-state index contributed by atoms with van der Waals surface area (Å²) >= 11 is 0. The van der Waals surface area contributed by atoms with E-state index in [9.17, 15) is 4.79 Å². The van der Waals surface area contributed by atoms with Crippen LogP contribution in [0.5, 0.6) is 0 Å². The number of nitrogens with one attached hydrogen (secondary N) is 1. The minimum Gasteiger partial charge on any atom is -0.444 e. The molecule has 2 aromatic heterocycles. The van der Waals surface area contributed by atoms with Gasteiger partial charge in [-0.05, 0) is 57.7 Å². The minimum atomic E-state index is -0.499. The van der Waals surface area contributed by atoms with Crippen molar-refractivity contribution < 1.29 is 9.53 Å². The molecular weight excluding hydrogens is 402 g/mol. The van der Waals surface area contributed by atoms with Crippen molar-refractivity contribution in [1.82, 2.24) is 19.7 Å². The van der Waals surface area contributed by atoms with Crippen molar-refractivity contribution in [2.45, 2.75) is 58.6 Å². The van der Waals surface area contributed by atoms with Crippen LogP contribution in [0.2, 0.25) is 0 Å². The van der Waals surface area contributed by atoms with Crippen LogP contribution in [0.25, 0.3) is 5.57 Å². The van der Waals surface area contributed by atoms with Crippen LogP contribution in [0.3, 0.4) is 0 Å². The SMILES string of the molecule is Cc1ccnc(C2=CC(c3cc(NC(=O)OCc4ccccc4)n(C(C)(C)C)n3)CC2)n1. The van der Waals surface area contributed by atoms with E-state index in [2.05, 4.69) is 42.1 Å². The Hall–Kier alpha value is -3.48. The van der Waals surface area contributed by atoms with Gasteiger partial charge in [-0.2, -0.15) is 5.10 Å². The van der Waals surface area contributed by atoms with Gasteiger partial charge in [0, 0.05) is 23.9 Å². The highest BCUT2D eigenvalue weighted by atomic mass is 16.5. The van der Waals surface area contributed by atoms with Gasteiger partial charge in [0.05, 0.1) is 11.2 Å². The molecule has 0 spiro atoms. The molecule has 4 rings (SSSR count). The highest BCUT2D eigenvalue weighted by molar-refractivity contribution is 5.83. The summed E-state index contributed by atoms with van der Waals surface area (Å²) in [5.41, 5.74) is 3.65. The first-order valence-electron chi connectivity index (χ1n) is 10.9. The largest absolute Gasteiger partial charge is 0.444 e. The van der Waals surface area contributed by atoms with Crippen molar-refractivity contribution in [3.63, 3.8) is 0 Å². The van der Waals surface area contributed by atoms with Crippen LogP contribution in [0.4, 0.5) is 10.6 Å². The van der Waals surface area contributed by atoms with Crippen LogP contribution < -0.4 is 5.32 Å². The van der Waals surface area contributed by atoms with Crippen molar-refractivity contribution in [3.05, 3.63) is 77.5 Å². The zero-order valence-corrected chi connectivity index (χ0v) is 19.0. The molecule has 1 aromatic carbocycles. The monoisotopic (exact) mass is 431 g/mol. The van der Waals surface area contributed by atoms with Crippen LogP contribution >= 0.6 is 0 Å². The molecule has 7 heteroatoms. The number of hydrogen-bond acceptors (Lipinski definition) is 5. The normalized spacial score (nSPS) is 16.0. The topological polar surface area (TPSA) is 81.9 Å². The Bertz CT molecular complexity index is 1130. The van der Waals surface area contributed by atoms with Crippen LogP contribution in [-0.4, -0.2) is 25.8 Å². The Balaban J connectivity index is 1.51. The number of anilines is 1. The second-order valence-electron chi connectivity index (χ2n) is 9.08. The zero-order valence-electron chi connectivity index (χ0n) is 19.0. The third kappa shape index (κ3) is 5.04. The second-order valence-corrected chi connectivity index (χ2v) is 9.08. The maximum Gasteiger partial charge on any atom is 0.413 e. The van der Waals surface area contributed by atoms with E-state index in [1.165, 1.54) is 0 Å². The van der Waals surface area contributed by atoms with Gasteiger partial charge in [0.25, 0.3) is 0 Å². The molecule has 1 aliphatic rings. The number of rotatable bonds is 5. The van der Waals surface area contributed by atoms with E-state index in [1.54, 1.807) is 6.20 Å². The molecule has 1 atom stereocenters. The van der Waals surface area contributed by atoms with Gasteiger partial charge in [-0.15, -0.1) is 0 Å². The number of amides is 1. The lowest BCUT2D eigenvalue weighted by atomic mass is 10.1. The smallest absolute Gasteiger partial charge is 0.413 e. The Morgan fingerprint density at radius 3 is 2.72 bits per heavy atom. The molecule has 3 aromatic rings. The van der Waals surface area contributed by atoms with E-state index in [0.717, 1.165) is 41.2 Å². The lowest BCUT2D eigenvalue weighted by Crippen LogP contribution is -2.27. The molecule has 2 heterocycles. The van der Waals surface area contributed by atoms with Gasteiger partial charge in [-0.1, -0.05) is 36.4 Å². The summed E-state index contributed by atoms with van der Waals surface area (Å²) in [6.07, 6.45) is 5.33. The van der Waals surface area contributed by atoms with Crippen molar-refractivity contribution in [2.24, 2.45) is 0 Å². The number of carbonyl (C=O) groups excluding carboxylic acids is 1. The molecule has 1 N–H and O–H groups in total. The standard InChI is InChI=1S/C25H29N5O2/c1-17-12-13-26-23(27-17)20-11-10-19(14-20)21-15-22(30(29-21)25(2,3)4)28-24(31)32-16-18-8-6-5-7-9-18/h5-9,12-15,19H,10-11,16H2,1-4H3,(H,28,31). The molecule has 0 aliphatic heterocycles. The molecule has 0 radical (unpaired) electrons. The predicted molar refractivity (Wildman–Crippen MR) is 124 cm³/mol. The Morgan fingerprint density at radius 2 is 2.00 bits per heavy atom. The fourth-order valence-electron chi connectivity index (χ4n) is 3.79. The van der Waals surface area contributed by atoms with Gasteiger partial charge in [0.2, 0.25) is 0 Å². The molecule has 166 valence electrons. The first kappa shape index (κ1) is 21.7. The van der Waals surface area contributed by atoms with Crippen molar-refractivity contribution in [3.8, 4) is 0 Å². The molecule has 32 heavy (non-hydrogen) atoms. The van der Waals surface area contributed by atoms with Gasteiger partial charge in [-0.25, -0.2) is 19.4 Å². The zero-order chi connectivity index (χ0) is 22.7. The Labute approximate surface area is 188 Å². The van der Waals surface area contributed by atoms with E-state index >= 15 is 0 Å². The summed E-state index contributed by atoms with van der Waals surface area (Å²) < 4.78 is 7.25. The average Bonchev–Trinajstić information content (AvgIpc) is 3.40. The van der Waals surface area contributed by atoms with Crippen LogP contribution in [-0.2, 0) is 16.9 Å². The second kappa shape index (κ2) is 8.94. The highest BCUT2D eigenvalue weighted by Gasteiger charge is 2.27.